The van der Waals surface area contributed by atoms with Crippen molar-refractivity contribution in [2.45, 2.75) is 75.7 Å². The van der Waals surface area contributed by atoms with Gasteiger partial charge in [-0.3, -0.25) is 19.2 Å². The van der Waals surface area contributed by atoms with Gasteiger partial charge in [0.1, 0.15) is 24.2 Å². The van der Waals surface area contributed by atoms with E-state index in [-0.39, 0.29) is 19.3 Å². The van der Waals surface area contributed by atoms with Gasteiger partial charge in [-0.05, 0) is 62.3 Å². The molecule has 2 aromatic carbocycles. The Morgan fingerprint density at radius 1 is 0.711 bits per heavy atom. The number of aliphatic carboxylic acids is 1. The van der Waals surface area contributed by atoms with Gasteiger partial charge in [0, 0.05) is 12.8 Å². The molecule has 13 heteroatoms. The number of carboxylic acid groups (broad SMARTS) is 1. The fourth-order valence-corrected chi connectivity index (χ4v) is 4.96. The number of nitrogens with two attached hydrogens (primary N) is 2. The van der Waals surface area contributed by atoms with Gasteiger partial charge in [-0.25, -0.2) is 4.79 Å². The number of amides is 4. The topological polar surface area (TPSA) is 206 Å². The third kappa shape index (κ3) is 13.7. The lowest BCUT2D eigenvalue weighted by Gasteiger charge is -2.25. The van der Waals surface area contributed by atoms with Crippen LogP contribution in [0.5, 0.6) is 0 Å². The molecular formula is C32H46N6O6S. The van der Waals surface area contributed by atoms with Gasteiger partial charge in [-0.15, -0.1) is 0 Å². The second-order valence-electron chi connectivity index (χ2n) is 10.8. The third-order valence-corrected chi connectivity index (χ3v) is 7.76. The van der Waals surface area contributed by atoms with Gasteiger partial charge < -0.3 is 37.8 Å². The molecule has 2 aromatic rings. The molecule has 0 aliphatic carbocycles. The van der Waals surface area contributed by atoms with E-state index >= 15 is 0 Å². The monoisotopic (exact) mass is 642 g/mol. The summed E-state index contributed by atoms with van der Waals surface area (Å²) < 4.78 is 0. The number of unbranched alkanes of at least 4 members (excludes halogenated alkanes) is 1. The van der Waals surface area contributed by atoms with E-state index in [0.29, 0.717) is 31.6 Å². The average Bonchev–Trinajstić information content (AvgIpc) is 3.03. The Kier molecular flexibility index (Phi) is 16.7. The van der Waals surface area contributed by atoms with Gasteiger partial charge in [0.15, 0.2) is 0 Å². The Labute approximate surface area is 268 Å². The van der Waals surface area contributed by atoms with Crippen LogP contribution in [-0.4, -0.2) is 83.5 Å². The first-order valence-electron chi connectivity index (χ1n) is 15.0. The number of hydrogen-bond donors (Lipinski definition) is 7. The summed E-state index contributed by atoms with van der Waals surface area (Å²) in [6.07, 6.45) is 3.93. The molecule has 2 rings (SSSR count). The van der Waals surface area contributed by atoms with Crippen molar-refractivity contribution in [3.8, 4) is 0 Å². The summed E-state index contributed by atoms with van der Waals surface area (Å²) in [5.74, 6) is -2.90. The molecule has 45 heavy (non-hydrogen) atoms. The Morgan fingerprint density at radius 2 is 1.22 bits per heavy atom. The van der Waals surface area contributed by atoms with Crippen molar-refractivity contribution in [2.24, 2.45) is 11.5 Å². The van der Waals surface area contributed by atoms with Crippen molar-refractivity contribution in [1.82, 2.24) is 21.3 Å². The van der Waals surface area contributed by atoms with E-state index in [9.17, 15) is 29.1 Å². The molecule has 12 nitrogen and oxygen atoms in total. The molecule has 0 fully saturated rings. The molecule has 4 amide bonds. The highest BCUT2D eigenvalue weighted by Gasteiger charge is 2.30. The van der Waals surface area contributed by atoms with Crippen LogP contribution in [0.1, 0.15) is 43.7 Å². The maximum Gasteiger partial charge on any atom is 0.326 e. The number of benzene rings is 2. The summed E-state index contributed by atoms with van der Waals surface area (Å²) >= 11 is 1.56. The number of rotatable bonds is 20. The van der Waals surface area contributed by atoms with Crippen LogP contribution in [0.2, 0.25) is 0 Å². The minimum Gasteiger partial charge on any atom is -0.480 e. The minimum atomic E-state index is -1.21. The number of hydrogen-bond acceptors (Lipinski definition) is 8. The SMILES string of the molecule is CSCC[C@H](N)C(=O)N[C@@H](Cc1ccccc1)C(=O)N[C@@H](CCCCN)C(=O)N[C@@H](C)C(=O)N[C@@H](Cc1ccccc1)C(=O)O. The number of thioether (sulfide) groups is 1. The summed E-state index contributed by atoms with van der Waals surface area (Å²) in [5.41, 5.74) is 13.2. The largest absolute Gasteiger partial charge is 0.480 e. The standard InChI is InChI=1S/C32H46N6O6S/c1-21(28(39)38-27(32(43)44)20-23-13-7-4-8-14-23)35-30(41)25(15-9-10-17-33)36-31(42)26(19-22-11-5-3-6-12-22)37-29(40)24(34)16-18-45-2/h3-8,11-14,21,24-27H,9-10,15-20,33-34H2,1-2H3,(H,35,41)(H,36,42)(H,37,40)(H,38,39)(H,43,44)/t21-,24-,25-,26-,27-/m0/s1. The predicted octanol–water partition coefficient (Wildman–Crippen LogP) is 0.725. The summed E-state index contributed by atoms with van der Waals surface area (Å²) in [6, 6.07) is 12.8. The lowest BCUT2D eigenvalue weighted by atomic mass is 10.0. The number of carboxylic acids is 1. The van der Waals surface area contributed by atoms with Gasteiger partial charge >= 0.3 is 5.97 Å². The van der Waals surface area contributed by atoms with Gasteiger partial charge in [0.05, 0.1) is 6.04 Å². The number of nitrogens with one attached hydrogen (secondary N) is 4. The first-order valence-corrected chi connectivity index (χ1v) is 16.4. The zero-order valence-electron chi connectivity index (χ0n) is 25.9. The lowest BCUT2D eigenvalue weighted by molar-refractivity contribution is -0.142. The minimum absolute atomic E-state index is 0.0653. The first-order chi connectivity index (χ1) is 21.5. The van der Waals surface area contributed by atoms with Gasteiger partial charge in [0.2, 0.25) is 23.6 Å². The van der Waals surface area contributed by atoms with Crippen LogP contribution in [0.15, 0.2) is 60.7 Å². The zero-order chi connectivity index (χ0) is 33.2. The van der Waals surface area contributed by atoms with E-state index < -0.39 is 59.8 Å². The van der Waals surface area contributed by atoms with Crippen LogP contribution in [0, 0.1) is 0 Å². The highest BCUT2D eigenvalue weighted by molar-refractivity contribution is 7.98. The average molecular weight is 643 g/mol. The lowest BCUT2D eigenvalue weighted by Crippen LogP contribution is -2.58. The second-order valence-corrected chi connectivity index (χ2v) is 11.8. The second kappa shape index (κ2) is 20.2. The van der Waals surface area contributed by atoms with Crippen LogP contribution in [0.3, 0.4) is 0 Å². The van der Waals surface area contributed by atoms with Crippen molar-refractivity contribution < 1.29 is 29.1 Å². The van der Waals surface area contributed by atoms with E-state index in [1.807, 2.05) is 36.6 Å². The first kappa shape index (κ1) is 37.2. The number of carbonyl (C=O) groups excluding carboxylic acids is 4. The molecule has 5 atom stereocenters. The molecule has 246 valence electrons. The Morgan fingerprint density at radius 3 is 1.76 bits per heavy atom. The molecule has 0 bridgehead atoms. The highest BCUT2D eigenvalue weighted by Crippen LogP contribution is 2.09. The van der Waals surface area contributed by atoms with Crippen LogP contribution in [-0.2, 0) is 36.8 Å². The molecule has 0 unspecified atom stereocenters. The van der Waals surface area contributed by atoms with Gasteiger partial charge in [-0.2, -0.15) is 11.8 Å². The van der Waals surface area contributed by atoms with E-state index in [0.717, 1.165) is 11.1 Å². The third-order valence-electron chi connectivity index (χ3n) is 7.11. The molecule has 0 aliphatic rings. The fourth-order valence-electron chi connectivity index (χ4n) is 4.47. The fraction of sp³-hybridized carbons (Fsp3) is 0.469. The maximum absolute atomic E-state index is 13.6. The Hall–Kier alpha value is -3.94. The summed E-state index contributed by atoms with van der Waals surface area (Å²) in [5, 5.41) is 20.2. The van der Waals surface area contributed by atoms with Crippen molar-refractivity contribution in [2.75, 3.05) is 18.6 Å². The number of carbonyl (C=O) groups is 5. The molecule has 0 spiro atoms. The van der Waals surface area contributed by atoms with Crippen LogP contribution in [0.4, 0.5) is 0 Å². The van der Waals surface area contributed by atoms with Gasteiger partial charge in [0.25, 0.3) is 0 Å². The van der Waals surface area contributed by atoms with E-state index in [1.165, 1.54) is 6.92 Å². The smallest absolute Gasteiger partial charge is 0.326 e. The van der Waals surface area contributed by atoms with Crippen LogP contribution < -0.4 is 32.7 Å². The molecule has 0 saturated heterocycles. The predicted molar refractivity (Wildman–Crippen MR) is 175 cm³/mol. The van der Waals surface area contributed by atoms with Crippen LogP contribution in [0.25, 0.3) is 0 Å². The highest BCUT2D eigenvalue weighted by atomic mass is 32.2. The summed E-state index contributed by atoms with van der Waals surface area (Å²) in [7, 11) is 0. The van der Waals surface area contributed by atoms with E-state index in [4.69, 9.17) is 11.5 Å². The van der Waals surface area contributed by atoms with Crippen LogP contribution >= 0.6 is 11.8 Å². The zero-order valence-corrected chi connectivity index (χ0v) is 26.7. The van der Waals surface area contributed by atoms with Crippen molar-refractivity contribution >= 4 is 41.4 Å². The van der Waals surface area contributed by atoms with Crippen molar-refractivity contribution in [3.63, 3.8) is 0 Å². The molecule has 0 aromatic heterocycles. The maximum atomic E-state index is 13.6. The molecular weight excluding hydrogens is 596 g/mol. The van der Waals surface area contributed by atoms with Crippen molar-refractivity contribution in [1.29, 1.82) is 0 Å². The van der Waals surface area contributed by atoms with Gasteiger partial charge in [-0.1, -0.05) is 60.7 Å². The summed E-state index contributed by atoms with van der Waals surface area (Å²) in [6.45, 7) is 1.82. The molecule has 0 aliphatic heterocycles. The molecule has 9 N–H and O–H groups in total. The Balaban J connectivity index is 2.14. The normalized spacial score (nSPS) is 14.2. The Bertz CT molecular complexity index is 1240. The quantitative estimate of drug-likeness (QED) is 0.102. The van der Waals surface area contributed by atoms with E-state index in [1.54, 1.807) is 42.1 Å². The van der Waals surface area contributed by atoms with E-state index in [2.05, 4.69) is 21.3 Å². The molecule has 0 heterocycles. The molecule has 0 saturated carbocycles. The molecule has 0 radical (unpaired) electrons. The van der Waals surface area contributed by atoms with Crippen molar-refractivity contribution in [3.05, 3.63) is 71.8 Å². The summed E-state index contributed by atoms with van der Waals surface area (Å²) in [4.78, 5) is 64.5.